The number of hydrogen-bond donors (Lipinski definition) is 2. The quantitative estimate of drug-likeness (QED) is 0.750. The van der Waals surface area contributed by atoms with Crippen LogP contribution in [0.1, 0.15) is 11.3 Å². The Bertz CT molecular complexity index is 902. The molecule has 2 N–H and O–H groups in total. The largest absolute Gasteiger partial charge is 0.479 e. The molecule has 0 spiro atoms. The van der Waals surface area contributed by atoms with Crippen molar-refractivity contribution in [3.63, 3.8) is 0 Å². The van der Waals surface area contributed by atoms with Gasteiger partial charge < -0.3 is 10.4 Å². The first-order valence-corrected chi connectivity index (χ1v) is 6.99. The van der Waals surface area contributed by atoms with Gasteiger partial charge in [0.2, 0.25) is 0 Å². The number of aromatic hydroxyl groups is 1. The van der Waals surface area contributed by atoms with E-state index in [4.69, 9.17) is 0 Å². The molecule has 3 aromatic heterocycles. The molecule has 0 fully saturated rings. The van der Waals surface area contributed by atoms with Crippen LogP contribution < -0.4 is 5.32 Å². The van der Waals surface area contributed by atoms with E-state index in [1.807, 2.05) is 0 Å². The highest BCUT2D eigenvalue weighted by molar-refractivity contribution is 5.61. The SMILES string of the molecule is Cc1cnc(O)nc1Nc1cc(C(F)(F)F)nc(-c2cccnc2)n1. The molecule has 0 bridgehead atoms. The van der Waals surface area contributed by atoms with E-state index in [2.05, 4.69) is 30.2 Å². The van der Waals surface area contributed by atoms with Gasteiger partial charge in [0.1, 0.15) is 11.6 Å². The third-order valence-electron chi connectivity index (χ3n) is 3.14. The fraction of sp³-hybridized carbons (Fsp3) is 0.133. The van der Waals surface area contributed by atoms with Crippen LogP contribution in [0.3, 0.4) is 0 Å². The highest BCUT2D eigenvalue weighted by atomic mass is 19.4. The first-order chi connectivity index (χ1) is 11.8. The number of hydrogen-bond acceptors (Lipinski definition) is 7. The highest BCUT2D eigenvalue weighted by Gasteiger charge is 2.34. The van der Waals surface area contributed by atoms with E-state index < -0.39 is 17.9 Å². The molecule has 3 heterocycles. The molecular weight excluding hydrogens is 337 g/mol. The minimum absolute atomic E-state index is 0.123. The van der Waals surface area contributed by atoms with Crippen LogP contribution in [-0.2, 0) is 6.18 Å². The molecule has 0 atom stereocenters. The van der Waals surface area contributed by atoms with Crippen LogP contribution in [0.5, 0.6) is 6.01 Å². The molecule has 10 heteroatoms. The molecule has 0 aromatic carbocycles. The van der Waals surface area contributed by atoms with E-state index in [0.29, 0.717) is 11.1 Å². The third kappa shape index (κ3) is 3.79. The summed E-state index contributed by atoms with van der Waals surface area (Å²) in [6.07, 6.45) is -0.470. The van der Waals surface area contributed by atoms with Crippen molar-refractivity contribution < 1.29 is 18.3 Å². The van der Waals surface area contributed by atoms with Gasteiger partial charge in [0.25, 0.3) is 0 Å². The lowest BCUT2D eigenvalue weighted by Gasteiger charge is -2.12. The normalized spacial score (nSPS) is 11.4. The maximum Gasteiger partial charge on any atom is 0.433 e. The Balaban J connectivity index is 2.08. The number of rotatable bonds is 3. The molecule has 0 radical (unpaired) electrons. The number of aromatic nitrogens is 5. The first kappa shape index (κ1) is 16.6. The summed E-state index contributed by atoms with van der Waals surface area (Å²) in [5, 5.41) is 12.0. The Kier molecular flexibility index (Phi) is 4.17. The molecule has 0 unspecified atom stereocenters. The fourth-order valence-electron chi connectivity index (χ4n) is 1.96. The van der Waals surface area contributed by atoms with E-state index in [0.717, 1.165) is 6.07 Å². The summed E-state index contributed by atoms with van der Waals surface area (Å²) in [5.74, 6) is -0.125. The van der Waals surface area contributed by atoms with Crippen LogP contribution >= 0.6 is 0 Å². The highest BCUT2D eigenvalue weighted by Crippen LogP contribution is 2.31. The molecule has 0 aliphatic carbocycles. The van der Waals surface area contributed by atoms with Crippen LogP contribution in [-0.4, -0.2) is 30.0 Å². The molecule has 0 saturated carbocycles. The number of nitrogens with one attached hydrogen (secondary N) is 1. The Morgan fingerprint density at radius 1 is 1.12 bits per heavy atom. The molecule has 128 valence electrons. The van der Waals surface area contributed by atoms with E-state index in [1.165, 1.54) is 18.6 Å². The van der Waals surface area contributed by atoms with E-state index in [-0.39, 0.29) is 17.5 Å². The summed E-state index contributed by atoms with van der Waals surface area (Å²) in [6.45, 7) is 1.63. The number of aryl methyl sites for hydroxylation is 1. The first-order valence-electron chi connectivity index (χ1n) is 6.99. The van der Waals surface area contributed by atoms with Crippen LogP contribution in [0.25, 0.3) is 11.4 Å². The molecule has 7 nitrogen and oxygen atoms in total. The van der Waals surface area contributed by atoms with Crippen LogP contribution in [0.2, 0.25) is 0 Å². The molecule has 0 saturated heterocycles. The third-order valence-corrected chi connectivity index (χ3v) is 3.14. The standard InChI is InChI=1S/C15H11F3N6O/c1-8-6-20-14(25)24-12(8)22-11-5-10(15(16,17)18)21-13(23-11)9-3-2-4-19-7-9/h2-7H,1H3,(H2,20,21,22,23,24,25). The summed E-state index contributed by atoms with van der Waals surface area (Å²) in [7, 11) is 0. The van der Waals surface area contributed by atoms with Crippen LogP contribution in [0, 0.1) is 6.92 Å². The fourth-order valence-corrected chi connectivity index (χ4v) is 1.96. The van der Waals surface area contributed by atoms with E-state index in [1.54, 1.807) is 19.1 Å². The average Bonchev–Trinajstić information content (AvgIpc) is 2.58. The Morgan fingerprint density at radius 2 is 1.92 bits per heavy atom. The molecular formula is C15H11F3N6O. The van der Waals surface area contributed by atoms with Gasteiger partial charge in [0.05, 0.1) is 0 Å². The number of alkyl halides is 3. The molecule has 3 aromatic rings. The number of anilines is 2. The minimum atomic E-state index is -4.65. The predicted molar refractivity (Wildman–Crippen MR) is 82.0 cm³/mol. The zero-order chi connectivity index (χ0) is 18.0. The van der Waals surface area contributed by atoms with Crippen molar-refractivity contribution in [2.24, 2.45) is 0 Å². The number of halogens is 3. The van der Waals surface area contributed by atoms with Crippen molar-refractivity contribution in [3.05, 3.63) is 48.0 Å². The summed E-state index contributed by atoms with van der Waals surface area (Å²) >= 11 is 0. The van der Waals surface area contributed by atoms with Gasteiger partial charge in [0.15, 0.2) is 11.5 Å². The lowest BCUT2D eigenvalue weighted by molar-refractivity contribution is -0.141. The summed E-state index contributed by atoms with van der Waals surface area (Å²) in [6, 6.07) is 3.37. The van der Waals surface area contributed by atoms with Gasteiger partial charge in [-0.2, -0.15) is 18.2 Å². The van der Waals surface area contributed by atoms with Crippen molar-refractivity contribution in [2.75, 3.05) is 5.32 Å². The smallest absolute Gasteiger partial charge is 0.433 e. The zero-order valence-electron chi connectivity index (χ0n) is 12.8. The Hall–Kier alpha value is -3.30. The van der Waals surface area contributed by atoms with Gasteiger partial charge in [-0.3, -0.25) is 4.98 Å². The molecule has 0 aliphatic heterocycles. The second-order valence-corrected chi connectivity index (χ2v) is 5.03. The number of nitrogens with zero attached hydrogens (tertiary/aromatic N) is 5. The summed E-state index contributed by atoms with van der Waals surface area (Å²) < 4.78 is 39.4. The van der Waals surface area contributed by atoms with E-state index in [9.17, 15) is 18.3 Å². The van der Waals surface area contributed by atoms with Gasteiger partial charge in [-0.05, 0) is 19.1 Å². The van der Waals surface area contributed by atoms with Crippen LogP contribution in [0.4, 0.5) is 24.8 Å². The van der Waals surface area contributed by atoms with Crippen molar-refractivity contribution in [3.8, 4) is 17.4 Å². The summed E-state index contributed by atoms with van der Waals surface area (Å²) in [5.41, 5.74) is -0.258. The second-order valence-electron chi connectivity index (χ2n) is 5.03. The molecule has 0 amide bonds. The minimum Gasteiger partial charge on any atom is -0.479 e. The van der Waals surface area contributed by atoms with Crippen molar-refractivity contribution in [1.82, 2.24) is 24.9 Å². The monoisotopic (exact) mass is 348 g/mol. The zero-order valence-corrected chi connectivity index (χ0v) is 12.8. The maximum absolute atomic E-state index is 13.1. The average molecular weight is 348 g/mol. The van der Waals surface area contributed by atoms with Gasteiger partial charge in [-0.25, -0.2) is 15.0 Å². The van der Waals surface area contributed by atoms with Gasteiger partial charge >= 0.3 is 12.2 Å². The Morgan fingerprint density at radius 3 is 2.60 bits per heavy atom. The van der Waals surface area contributed by atoms with Crippen molar-refractivity contribution in [1.29, 1.82) is 0 Å². The van der Waals surface area contributed by atoms with Crippen molar-refractivity contribution in [2.45, 2.75) is 13.1 Å². The second kappa shape index (κ2) is 6.30. The van der Waals surface area contributed by atoms with Crippen LogP contribution in [0.15, 0.2) is 36.8 Å². The molecule has 25 heavy (non-hydrogen) atoms. The lowest BCUT2D eigenvalue weighted by atomic mass is 10.2. The van der Waals surface area contributed by atoms with Crippen molar-refractivity contribution >= 4 is 11.6 Å². The Labute approximate surface area is 139 Å². The predicted octanol–water partition coefficient (Wildman–Crippen LogP) is 3.11. The lowest BCUT2D eigenvalue weighted by Crippen LogP contribution is -2.11. The molecule has 3 rings (SSSR count). The van der Waals surface area contributed by atoms with Gasteiger partial charge in [-0.1, -0.05) is 0 Å². The summed E-state index contributed by atoms with van der Waals surface area (Å²) in [4.78, 5) is 18.8. The van der Waals surface area contributed by atoms with Gasteiger partial charge in [0, 0.05) is 35.8 Å². The van der Waals surface area contributed by atoms with E-state index >= 15 is 0 Å². The maximum atomic E-state index is 13.1. The van der Waals surface area contributed by atoms with Gasteiger partial charge in [-0.15, -0.1) is 0 Å². The number of pyridine rings is 1. The topological polar surface area (TPSA) is 96.7 Å². The molecule has 0 aliphatic rings.